The molecule has 1 aromatic heterocycles. The first-order valence-electron chi connectivity index (χ1n) is 7.05. The van der Waals surface area contributed by atoms with Gasteiger partial charge in [-0.2, -0.15) is 0 Å². The largest absolute Gasteiger partial charge is 0.240 e. The summed E-state index contributed by atoms with van der Waals surface area (Å²) in [6.45, 7) is 4.03. The van der Waals surface area contributed by atoms with Crippen molar-refractivity contribution in [1.29, 1.82) is 0 Å². The zero-order valence-corrected chi connectivity index (χ0v) is 13.7. The summed E-state index contributed by atoms with van der Waals surface area (Å²) in [6, 6.07) is 8.26. The summed E-state index contributed by atoms with van der Waals surface area (Å²) in [5, 5.41) is 1.15. The second-order valence-corrected chi connectivity index (χ2v) is 7.10. The predicted molar refractivity (Wildman–Crippen MR) is 86.1 cm³/mol. The SMILES string of the molecule is CCCC(CC)NS(=O)(=O)c1ccc2nc(Cl)ccc2c1. The lowest BCUT2D eigenvalue weighted by atomic mass is 10.1. The molecule has 0 bridgehead atoms. The van der Waals surface area contributed by atoms with E-state index in [-0.39, 0.29) is 10.9 Å². The number of benzene rings is 1. The maximum absolute atomic E-state index is 12.4. The molecular formula is C15H19ClN2O2S. The van der Waals surface area contributed by atoms with Crippen molar-refractivity contribution < 1.29 is 8.42 Å². The van der Waals surface area contributed by atoms with Crippen LogP contribution in [0.25, 0.3) is 10.9 Å². The molecule has 0 saturated heterocycles. The fourth-order valence-electron chi connectivity index (χ4n) is 2.23. The fourth-order valence-corrected chi connectivity index (χ4v) is 3.77. The standard InChI is InChI=1S/C15H19ClN2O2S/c1-3-5-12(4-2)18-21(19,20)13-7-8-14-11(10-13)6-9-15(16)17-14/h6-10,12,18H,3-5H2,1-2H3. The number of hydrogen-bond donors (Lipinski definition) is 1. The highest BCUT2D eigenvalue weighted by atomic mass is 35.5. The van der Waals surface area contributed by atoms with Crippen molar-refractivity contribution in [2.24, 2.45) is 0 Å². The third kappa shape index (κ3) is 3.93. The second kappa shape index (κ2) is 6.73. The predicted octanol–water partition coefficient (Wildman–Crippen LogP) is 3.75. The third-order valence-corrected chi connectivity index (χ3v) is 5.12. The molecule has 21 heavy (non-hydrogen) atoms. The van der Waals surface area contributed by atoms with Gasteiger partial charge >= 0.3 is 0 Å². The topological polar surface area (TPSA) is 59.1 Å². The molecule has 6 heteroatoms. The average Bonchev–Trinajstić information content (AvgIpc) is 2.45. The third-order valence-electron chi connectivity index (χ3n) is 3.39. The second-order valence-electron chi connectivity index (χ2n) is 5.00. The van der Waals surface area contributed by atoms with Crippen LogP contribution in [0.5, 0.6) is 0 Å². The molecular weight excluding hydrogens is 308 g/mol. The molecule has 0 aliphatic carbocycles. The van der Waals surface area contributed by atoms with Crippen LogP contribution in [-0.2, 0) is 10.0 Å². The minimum atomic E-state index is -3.51. The van der Waals surface area contributed by atoms with Gasteiger partial charge in [0.2, 0.25) is 10.0 Å². The maximum atomic E-state index is 12.4. The van der Waals surface area contributed by atoms with Gasteiger partial charge in [0.1, 0.15) is 5.15 Å². The smallest absolute Gasteiger partial charge is 0.236 e. The summed E-state index contributed by atoms with van der Waals surface area (Å²) < 4.78 is 27.6. The highest BCUT2D eigenvalue weighted by Gasteiger charge is 2.18. The van der Waals surface area contributed by atoms with Crippen LogP contribution in [0.4, 0.5) is 0 Å². The first-order valence-corrected chi connectivity index (χ1v) is 8.91. The molecule has 2 rings (SSSR count). The van der Waals surface area contributed by atoms with Crippen LogP contribution < -0.4 is 4.72 Å². The van der Waals surface area contributed by atoms with Gasteiger partial charge in [-0.25, -0.2) is 18.1 Å². The van der Waals surface area contributed by atoms with E-state index < -0.39 is 10.0 Å². The highest BCUT2D eigenvalue weighted by molar-refractivity contribution is 7.89. The molecule has 0 aliphatic rings. The normalized spacial score (nSPS) is 13.5. The lowest BCUT2D eigenvalue weighted by Gasteiger charge is -2.16. The molecule has 0 spiro atoms. The molecule has 1 aromatic carbocycles. The Kier molecular flexibility index (Phi) is 5.19. The molecule has 114 valence electrons. The summed E-state index contributed by atoms with van der Waals surface area (Å²) in [6.07, 6.45) is 2.56. The number of hydrogen-bond acceptors (Lipinski definition) is 3. The molecule has 1 unspecified atom stereocenters. The Morgan fingerprint density at radius 1 is 1.24 bits per heavy atom. The van der Waals surface area contributed by atoms with Crippen molar-refractivity contribution in [3.05, 3.63) is 35.5 Å². The van der Waals surface area contributed by atoms with Crippen LogP contribution in [0.1, 0.15) is 33.1 Å². The Morgan fingerprint density at radius 2 is 2.00 bits per heavy atom. The summed E-state index contributed by atoms with van der Waals surface area (Å²) in [5.74, 6) is 0. The number of halogens is 1. The van der Waals surface area contributed by atoms with Crippen LogP contribution >= 0.6 is 11.6 Å². The summed E-state index contributed by atoms with van der Waals surface area (Å²) in [4.78, 5) is 4.41. The van der Waals surface area contributed by atoms with Crippen LogP contribution in [0.15, 0.2) is 35.2 Å². The van der Waals surface area contributed by atoms with Gasteiger partial charge in [-0.05, 0) is 43.2 Å². The number of nitrogens with zero attached hydrogens (tertiary/aromatic N) is 1. The quantitative estimate of drug-likeness (QED) is 0.822. The molecule has 0 radical (unpaired) electrons. The summed E-state index contributed by atoms with van der Waals surface area (Å²) in [7, 11) is -3.51. The molecule has 1 heterocycles. The average molecular weight is 327 g/mol. The zero-order chi connectivity index (χ0) is 15.5. The van der Waals surface area contributed by atoms with Crippen molar-refractivity contribution >= 4 is 32.5 Å². The van der Waals surface area contributed by atoms with Crippen molar-refractivity contribution in [3.63, 3.8) is 0 Å². The van der Waals surface area contributed by atoms with E-state index in [2.05, 4.69) is 9.71 Å². The highest BCUT2D eigenvalue weighted by Crippen LogP contribution is 2.20. The molecule has 0 aliphatic heterocycles. The van der Waals surface area contributed by atoms with E-state index in [1.807, 2.05) is 13.8 Å². The fraction of sp³-hybridized carbons (Fsp3) is 0.400. The number of pyridine rings is 1. The number of rotatable bonds is 6. The van der Waals surface area contributed by atoms with Gasteiger partial charge in [-0.15, -0.1) is 0 Å². The minimum Gasteiger partial charge on any atom is -0.236 e. The van der Waals surface area contributed by atoms with E-state index in [4.69, 9.17) is 11.6 Å². The monoisotopic (exact) mass is 326 g/mol. The number of fused-ring (bicyclic) bond motifs is 1. The Bertz CT molecular complexity index is 732. The molecule has 4 nitrogen and oxygen atoms in total. The van der Waals surface area contributed by atoms with Crippen molar-refractivity contribution in [1.82, 2.24) is 9.71 Å². The summed E-state index contributed by atoms with van der Waals surface area (Å²) in [5.41, 5.74) is 0.682. The van der Waals surface area contributed by atoms with Crippen molar-refractivity contribution in [2.75, 3.05) is 0 Å². The van der Waals surface area contributed by atoms with E-state index in [1.165, 1.54) is 0 Å². The maximum Gasteiger partial charge on any atom is 0.240 e. The van der Waals surface area contributed by atoms with Crippen LogP contribution in [-0.4, -0.2) is 19.4 Å². The van der Waals surface area contributed by atoms with Gasteiger partial charge in [0, 0.05) is 11.4 Å². The Morgan fingerprint density at radius 3 is 2.67 bits per heavy atom. The first kappa shape index (κ1) is 16.2. The molecule has 0 amide bonds. The van der Waals surface area contributed by atoms with Gasteiger partial charge in [-0.3, -0.25) is 0 Å². The number of sulfonamides is 1. The minimum absolute atomic E-state index is 0.0287. The molecule has 0 fully saturated rings. The van der Waals surface area contributed by atoms with Crippen molar-refractivity contribution in [2.45, 2.75) is 44.0 Å². The van der Waals surface area contributed by atoms with E-state index in [9.17, 15) is 8.42 Å². The lowest BCUT2D eigenvalue weighted by Crippen LogP contribution is -2.34. The van der Waals surface area contributed by atoms with E-state index in [0.29, 0.717) is 10.7 Å². The Labute approximate surface area is 130 Å². The summed E-state index contributed by atoms with van der Waals surface area (Å²) >= 11 is 5.83. The number of aromatic nitrogens is 1. The van der Waals surface area contributed by atoms with Gasteiger partial charge in [0.05, 0.1) is 10.4 Å². The van der Waals surface area contributed by atoms with Gasteiger partial charge in [0.25, 0.3) is 0 Å². The van der Waals surface area contributed by atoms with E-state index in [0.717, 1.165) is 24.6 Å². The van der Waals surface area contributed by atoms with Crippen LogP contribution in [0.2, 0.25) is 5.15 Å². The molecule has 2 aromatic rings. The molecule has 0 saturated carbocycles. The Hall–Kier alpha value is -1.17. The number of nitrogens with one attached hydrogen (secondary N) is 1. The van der Waals surface area contributed by atoms with Gasteiger partial charge in [-0.1, -0.05) is 31.9 Å². The van der Waals surface area contributed by atoms with Crippen LogP contribution in [0, 0.1) is 0 Å². The lowest BCUT2D eigenvalue weighted by molar-refractivity contribution is 0.512. The van der Waals surface area contributed by atoms with E-state index in [1.54, 1.807) is 30.3 Å². The molecule has 1 atom stereocenters. The first-order chi connectivity index (χ1) is 9.96. The molecule has 1 N–H and O–H groups in total. The Balaban J connectivity index is 2.33. The zero-order valence-electron chi connectivity index (χ0n) is 12.1. The van der Waals surface area contributed by atoms with Gasteiger partial charge < -0.3 is 0 Å². The van der Waals surface area contributed by atoms with Crippen LogP contribution in [0.3, 0.4) is 0 Å². The van der Waals surface area contributed by atoms with Crippen molar-refractivity contribution in [3.8, 4) is 0 Å². The van der Waals surface area contributed by atoms with E-state index >= 15 is 0 Å². The van der Waals surface area contributed by atoms with Gasteiger partial charge in [0.15, 0.2) is 0 Å².